The number of rotatable bonds is 7. The van der Waals surface area contributed by atoms with Crippen molar-refractivity contribution in [2.75, 3.05) is 38.6 Å². The van der Waals surface area contributed by atoms with E-state index in [-0.39, 0.29) is 17.5 Å². The van der Waals surface area contributed by atoms with Gasteiger partial charge in [0, 0.05) is 42.7 Å². The number of phenols is 1. The molecule has 8 heteroatoms. The normalized spacial score (nSPS) is 15.6. The monoisotopic (exact) mass is 480 g/mol. The molecule has 5 rings (SSSR count). The number of hydrogen-bond acceptors (Lipinski definition) is 7. The Hall–Kier alpha value is -2.97. The van der Waals surface area contributed by atoms with E-state index < -0.39 is 0 Å². The minimum absolute atomic E-state index is 0.0323. The second kappa shape index (κ2) is 9.72. The number of benzene rings is 2. The van der Waals surface area contributed by atoms with Gasteiger partial charge in [-0.3, -0.25) is 4.98 Å². The molecule has 2 aromatic carbocycles. The van der Waals surface area contributed by atoms with Crippen LogP contribution in [0.5, 0.6) is 11.5 Å². The highest BCUT2D eigenvalue weighted by Crippen LogP contribution is 2.38. The predicted molar refractivity (Wildman–Crippen MR) is 136 cm³/mol. The van der Waals surface area contributed by atoms with Crippen molar-refractivity contribution in [1.82, 2.24) is 14.9 Å². The van der Waals surface area contributed by atoms with Gasteiger partial charge in [-0.05, 0) is 55.3 Å². The van der Waals surface area contributed by atoms with Crippen LogP contribution in [0.4, 0.5) is 9.52 Å². The number of thiazole rings is 1. The van der Waals surface area contributed by atoms with E-state index in [0.717, 1.165) is 33.9 Å². The Morgan fingerprint density at radius 1 is 1.15 bits per heavy atom. The van der Waals surface area contributed by atoms with Crippen LogP contribution < -0.4 is 10.1 Å². The zero-order valence-electron chi connectivity index (χ0n) is 19.5. The second-order valence-electron chi connectivity index (χ2n) is 8.85. The number of nitrogens with one attached hydrogen (secondary N) is 1. The van der Waals surface area contributed by atoms with Gasteiger partial charge in [-0.15, -0.1) is 0 Å². The van der Waals surface area contributed by atoms with Gasteiger partial charge in [0.05, 0.1) is 22.8 Å². The number of ether oxygens (including phenoxy) is 1. The topological polar surface area (TPSA) is 70.5 Å². The predicted octanol–water partition coefficient (Wildman–Crippen LogP) is 5.75. The number of aromatic nitrogens is 2. The number of phenolic OH excluding ortho intramolecular Hbond substituents is 1. The lowest BCUT2D eigenvalue weighted by molar-refractivity contribution is 0.237. The highest BCUT2D eigenvalue weighted by Gasteiger charge is 2.20. The third-order valence-corrected chi connectivity index (χ3v) is 7.64. The average Bonchev–Trinajstić information content (AvgIpc) is 3.24. The Bertz CT molecular complexity index is 1320. The number of pyridine rings is 1. The molecule has 1 aliphatic rings. The second-order valence-corrected chi connectivity index (χ2v) is 9.88. The van der Waals surface area contributed by atoms with E-state index in [1.165, 1.54) is 45.5 Å². The Morgan fingerprint density at radius 2 is 1.97 bits per heavy atom. The maximum Gasteiger partial charge on any atom is 0.183 e. The van der Waals surface area contributed by atoms with Crippen molar-refractivity contribution < 1.29 is 14.2 Å². The Balaban J connectivity index is 1.40. The number of methoxy groups -OCH3 is 1. The van der Waals surface area contributed by atoms with Gasteiger partial charge >= 0.3 is 0 Å². The largest absolute Gasteiger partial charge is 0.504 e. The van der Waals surface area contributed by atoms with Crippen molar-refractivity contribution in [2.45, 2.75) is 32.1 Å². The molecule has 1 atom stereocenters. The van der Waals surface area contributed by atoms with E-state index in [2.05, 4.69) is 20.2 Å². The molecule has 1 saturated heterocycles. The van der Waals surface area contributed by atoms with Crippen molar-refractivity contribution in [1.29, 1.82) is 0 Å². The molecule has 0 saturated carbocycles. The summed E-state index contributed by atoms with van der Waals surface area (Å²) < 4.78 is 21.5. The summed E-state index contributed by atoms with van der Waals surface area (Å²) in [5.41, 5.74) is 2.84. The zero-order chi connectivity index (χ0) is 23.7. The van der Waals surface area contributed by atoms with E-state index >= 15 is 4.39 Å². The molecular formula is C26H29FN4O2S. The molecule has 2 aromatic heterocycles. The first-order valence-electron chi connectivity index (χ1n) is 11.8. The number of piperidine rings is 1. The fourth-order valence-corrected chi connectivity index (χ4v) is 5.69. The summed E-state index contributed by atoms with van der Waals surface area (Å²) in [4.78, 5) is 11.5. The van der Waals surface area contributed by atoms with Crippen LogP contribution in [-0.4, -0.2) is 53.3 Å². The van der Waals surface area contributed by atoms with Crippen molar-refractivity contribution >= 4 is 37.6 Å². The van der Waals surface area contributed by atoms with Gasteiger partial charge in [-0.25, -0.2) is 9.37 Å². The summed E-state index contributed by atoms with van der Waals surface area (Å²) in [6, 6.07) is 8.68. The molecule has 0 radical (unpaired) electrons. The number of nitrogens with zero attached hydrogens (tertiary/aromatic N) is 3. The van der Waals surface area contributed by atoms with Crippen molar-refractivity contribution in [3.8, 4) is 11.5 Å². The minimum Gasteiger partial charge on any atom is -0.504 e. The van der Waals surface area contributed by atoms with Crippen LogP contribution in [0.2, 0.25) is 0 Å². The standard InChI is InChI=1S/C26H29FN4O2S/c1-16(17-6-7-28-21-15-23(32)24(33-2)12-19(17)21)18-13-25-22(14-20(18)27)30-26(34-25)29-8-11-31-9-4-3-5-10-31/h6-7,12-16,32H,3-5,8-11H2,1-2H3,(H,29,30). The van der Waals surface area contributed by atoms with Gasteiger partial charge in [0.15, 0.2) is 16.6 Å². The van der Waals surface area contributed by atoms with E-state index in [4.69, 9.17) is 4.74 Å². The molecule has 0 amide bonds. The number of likely N-dealkylation sites (tertiary alicyclic amines) is 1. The summed E-state index contributed by atoms with van der Waals surface area (Å²) in [5, 5.41) is 15.2. The maximum atomic E-state index is 15.2. The highest BCUT2D eigenvalue weighted by atomic mass is 32.1. The van der Waals surface area contributed by atoms with Gasteiger partial charge in [0.1, 0.15) is 5.82 Å². The molecule has 1 fully saturated rings. The lowest BCUT2D eigenvalue weighted by Crippen LogP contribution is -2.33. The minimum atomic E-state index is -0.277. The first kappa shape index (κ1) is 22.8. The van der Waals surface area contributed by atoms with E-state index in [9.17, 15) is 5.11 Å². The van der Waals surface area contributed by atoms with E-state index in [1.807, 2.05) is 19.1 Å². The summed E-state index contributed by atoms with van der Waals surface area (Å²) in [7, 11) is 1.51. The molecule has 34 heavy (non-hydrogen) atoms. The lowest BCUT2D eigenvalue weighted by Gasteiger charge is -2.26. The molecule has 3 heterocycles. The fourth-order valence-electron chi connectivity index (χ4n) is 4.77. The van der Waals surface area contributed by atoms with Gasteiger partial charge in [-0.1, -0.05) is 24.7 Å². The third-order valence-electron chi connectivity index (χ3n) is 6.67. The molecule has 1 aliphatic heterocycles. The van der Waals surface area contributed by atoms with Crippen LogP contribution in [0, 0.1) is 5.82 Å². The lowest BCUT2D eigenvalue weighted by atomic mass is 9.90. The number of anilines is 1. The Labute approximate surface area is 202 Å². The number of fused-ring (bicyclic) bond motifs is 2. The fraction of sp³-hybridized carbons (Fsp3) is 0.385. The first-order chi connectivity index (χ1) is 16.5. The first-order valence-corrected chi connectivity index (χ1v) is 12.6. The number of hydrogen-bond donors (Lipinski definition) is 2. The quantitative estimate of drug-likeness (QED) is 0.351. The molecule has 0 bridgehead atoms. The van der Waals surface area contributed by atoms with E-state index in [0.29, 0.717) is 22.3 Å². The molecule has 2 N–H and O–H groups in total. The number of aromatic hydroxyl groups is 1. The van der Waals surface area contributed by atoms with Crippen molar-refractivity contribution in [3.05, 3.63) is 53.5 Å². The Kier molecular flexibility index (Phi) is 6.52. The third kappa shape index (κ3) is 4.52. The van der Waals surface area contributed by atoms with Crippen molar-refractivity contribution in [3.63, 3.8) is 0 Å². The van der Waals surface area contributed by atoms with Gasteiger partial charge in [0.2, 0.25) is 0 Å². The molecular weight excluding hydrogens is 451 g/mol. The number of halogens is 1. The van der Waals surface area contributed by atoms with Crippen molar-refractivity contribution in [2.24, 2.45) is 0 Å². The van der Waals surface area contributed by atoms with Gasteiger partial charge < -0.3 is 20.1 Å². The SMILES string of the molecule is COc1cc2c(C(C)c3cc4sc(NCCN5CCCCC5)nc4cc3F)ccnc2cc1O. The molecule has 178 valence electrons. The summed E-state index contributed by atoms with van der Waals surface area (Å²) in [5.74, 6) is -0.0971. The molecule has 6 nitrogen and oxygen atoms in total. The van der Waals surface area contributed by atoms with E-state index in [1.54, 1.807) is 29.7 Å². The maximum absolute atomic E-state index is 15.2. The molecule has 1 unspecified atom stereocenters. The van der Waals surface area contributed by atoms with Crippen LogP contribution in [0.3, 0.4) is 0 Å². The molecule has 0 aliphatic carbocycles. The van der Waals surface area contributed by atoms with Crippen LogP contribution in [0.15, 0.2) is 36.5 Å². The van der Waals surface area contributed by atoms with Crippen LogP contribution in [0.25, 0.3) is 21.1 Å². The van der Waals surface area contributed by atoms with Gasteiger partial charge in [-0.2, -0.15) is 0 Å². The average molecular weight is 481 g/mol. The molecule has 0 spiro atoms. The summed E-state index contributed by atoms with van der Waals surface area (Å²) >= 11 is 1.56. The Morgan fingerprint density at radius 3 is 2.76 bits per heavy atom. The van der Waals surface area contributed by atoms with Gasteiger partial charge in [0.25, 0.3) is 0 Å². The zero-order valence-corrected chi connectivity index (χ0v) is 20.3. The molecule has 4 aromatic rings. The summed E-state index contributed by atoms with van der Waals surface area (Å²) in [6.45, 7) is 6.16. The van der Waals surface area contributed by atoms with Crippen LogP contribution >= 0.6 is 11.3 Å². The summed E-state index contributed by atoms with van der Waals surface area (Å²) in [6.07, 6.45) is 5.58. The highest BCUT2D eigenvalue weighted by molar-refractivity contribution is 7.22. The smallest absolute Gasteiger partial charge is 0.183 e. The van der Waals surface area contributed by atoms with Crippen LogP contribution in [0.1, 0.15) is 43.2 Å². The van der Waals surface area contributed by atoms with Crippen LogP contribution in [-0.2, 0) is 0 Å².